The van der Waals surface area contributed by atoms with E-state index in [1.807, 2.05) is 30.7 Å². The van der Waals surface area contributed by atoms with Crippen LogP contribution in [0.2, 0.25) is 0 Å². The van der Waals surface area contributed by atoms with Crippen LogP contribution in [0.3, 0.4) is 0 Å². The van der Waals surface area contributed by atoms with Gasteiger partial charge in [0.1, 0.15) is 5.82 Å². The highest BCUT2D eigenvalue weighted by atomic mass is 32.2. The van der Waals surface area contributed by atoms with Gasteiger partial charge >= 0.3 is 0 Å². The van der Waals surface area contributed by atoms with Crippen LogP contribution in [0.1, 0.15) is 37.1 Å². The van der Waals surface area contributed by atoms with Gasteiger partial charge in [-0.3, -0.25) is 4.79 Å². The minimum Gasteiger partial charge on any atom is -0.331 e. The summed E-state index contributed by atoms with van der Waals surface area (Å²) >= 11 is 1.46. The number of nitrogens with zero attached hydrogens (tertiary/aromatic N) is 4. The molecular weight excluding hydrogens is 470 g/mol. The van der Waals surface area contributed by atoms with Gasteiger partial charge < -0.3 is 9.88 Å². The second kappa shape index (κ2) is 9.09. The van der Waals surface area contributed by atoms with Crippen LogP contribution < -0.4 is 5.32 Å². The minimum atomic E-state index is -3.52. The number of fused-ring (bicyclic) bond motifs is 2. The Kier molecular flexibility index (Phi) is 6.13. The van der Waals surface area contributed by atoms with E-state index >= 15 is 0 Å². The summed E-state index contributed by atoms with van der Waals surface area (Å²) in [4.78, 5) is 21.9. The van der Waals surface area contributed by atoms with Crippen molar-refractivity contribution in [2.24, 2.45) is 7.05 Å². The number of benzene rings is 2. The smallest absolute Gasteiger partial charge is 0.243 e. The van der Waals surface area contributed by atoms with Crippen molar-refractivity contribution >= 4 is 53.6 Å². The van der Waals surface area contributed by atoms with Crippen molar-refractivity contribution in [3.05, 3.63) is 47.8 Å². The molecule has 3 heterocycles. The van der Waals surface area contributed by atoms with Gasteiger partial charge in [-0.2, -0.15) is 4.31 Å². The van der Waals surface area contributed by atoms with Gasteiger partial charge in [0.05, 0.1) is 26.1 Å². The zero-order chi connectivity index (χ0) is 23.9. The van der Waals surface area contributed by atoms with E-state index in [1.54, 1.807) is 22.5 Å². The molecule has 0 saturated carbocycles. The molecule has 1 amide bonds. The Morgan fingerprint density at radius 2 is 1.85 bits per heavy atom. The number of nitrogens with one attached hydrogen (secondary N) is 1. The lowest BCUT2D eigenvalue weighted by molar-refractivity contribution is -0.116. The predicted molar refractivity (Wildman–Crippen MR) is 135 cm³/mol. The van der Waals surface area contributed by atoms with Crippen LogP contribution in [0.25, 0.3) is 21.3 Å². The van der Waals surface area contributed by atoms with Crippen LogP contribution in [-0.4, -0.2) is 46.3 Å². The molecule has 8 nitrogen and oxygen atoms in total. The van der Waals surface area contributed by atoms with Gasteiger partial charge in [0.15, 0.2) is 5.13 Å². The maximum absolute atomic E-state index is 13.0. The summed E-state index contributed by atoms with van der Waals surface area (Å²) in [5, 5.41) is 3.47. The van der Waals surface area contributed by atoms with Crippen molar-refractivity contribution in [3.63, 3.8) is 0 Å². The number of aryl methyl sites for hydroxylation is 3. The highest BCUT2D eigenvalue weighted by molar-refractivity contribution is 7.89. The van der Waals surface area contributed by atoms with Crippen molar-refractivity contribution in [2.45, 2.75) is 43.9 Å². The molecule has 0 atom stereocenters. The van der Waals surface area contributed by atoms with E-state index in [-0.39, 0.29) is 17.2 Å². The van der Waals surface area contributed by atoms with Crippen molar-refractivity contribution in [1.82, 2.24) is 18.8 Å². The van der Waals surface area contributed by atoms with Crippen molar-refractivity contribution in [1.29, 1.82) is 0 Å². The zero-order valence-electron chi connectivity index (χ0n) is 19.2. The van der Waals surface area contributed by atoms with Crippen LogP contribution >= 0.6 is 11.3 Å². The summed E-state index contributed by atoms with van der Waals surface area (Å²) < 4.78 is 30.6. The molecule has 0 bridgehead atoms. The van der Waals surface area contributed by atoms with E-state index in [9.17, 15) is 13.2 Å². The number of rotatable bonds is 6. The van der Waals surface area contributed by atoms with E-state index in [1.165, 1.54) is 11.3 Å². The number of sulfonamides is 1. The second-order valence-corrected chi connectivity index (χ2v) is 11.7. The highest BCUT2D eigenvalue weighted by Crippen LogP contribution is 2.27. The maximum atomic E-state index is 13.0. The summed E-state index contributed by atoms with van der Waals surface area (Å²) in [5.41, 5.74) is 3.49. The molecule has 2 aromatic heterocycles. The molecule has 5 rings (SSSR count). The Bertz CT molecular complexity index is 1480. The van der Waals surface area contributed by atoms with Gasteiger partial charge in [-0.25, -0.2) is 18.4 Å². The number of carbonyl (C=O) groups is 1. The predicted octanol–water partition coefficient (Wildman–Crippen LogP) is 4.24. The third-order valence-electron chi connectivity index (χ3n) is 6.26. The van der Waals surface area contributed by atoms with E-state index in [0.29, 0.717) is 30.2 Å². The quantitative estimate of drug-likeness (QED) is 0.430. The first kappa shape index (κ1) is 22.9. The van der Waals surface area contributed by atoms with Gasteiger partial charge in [-0.1, -0.05) is 23.8 Å². The lowest BCUT2D eigenvalue weighted by atomic mass is 10.2. The lowest BCUT2D eigenvalue weighted by Gasteiger charge is -2.25. The van der Waals surface area contributed by atoms with Crippen LogP contribution in [-0.2, 0) is 28.3 Å². The molecule has 178 valence electrons. The van der Waals surface area contributed by atoms with Crippen LogP contribution in [0.4, 0.5) is 5.13 Å². The molecule has 34 heavy (non-hydrogen) atoms. The molecule has 1 fully saturated rings. The molecule has 10 heteroatoms. The molecule has 1 aliphatic heterocycles. The van der Waals surface area contributed by atoms with Gasteiger partial charge in [0, 0.05) is 33.0 Å². The monoisotopic (exact) mass is 497 g/mol. The average Bonchev–Trinajstić information content (AvgIpc) is 3.37. The molecule has 0 unspecified atom stereocenters. The largest absolute Gasteiger partial charge is 0.331 e. The summed E-state index contributed by atoms with van der Waals surface area (Å²) in [6, 6.07) is 11.1. The van der Waals surface area contributed by atoms with Crippen LogP contribution in [0.5, 0.6) is 0 Å². The Labute approximate surface area is 202 Å². The SMILES string of the molecule is Cc1ccc2nc(NC(=O)CCc3nc4cc(S(=O)(=O)N5CCCCC5)ccc4n3C)sc2c1. The Hall–Kier alpha value is -2.82. The number of aromatic nitrogens is 3. The first-order chi connectivity index (χ1) is 16.3. The van der Waals surface area contributed by atoms with Gasteiger partial charge in [0.25, 0.3) is 0 Å². The fourth-order valence-corrected chi connectivity index (χ4v) is 6.88. The number of hydrogen-bond donors (Lipinski definition) is 1. The van der Waals surface area contributed by atoms with Crippen LogP contribution in [0, 0.1) is 6.92 Å². The standard InChI is InChI=1S/C24H27N5O3S2/c1-16-6-8-18-21(14-16)33-24(26-18)27-23(30)11-10-22-25-19-15-17(7-9-20(19)28(22)2)34(31,32)29-12-4-3-5-13-29/h6-9,14-15H,3-5,10-13H2,1-2H3,(H,26,27,30). The number of carbonyl (C=O) groups excluding carboxylic acids is 1. The lowest BCUT2D eigenvalue weighted by Crippen LogP contribution is -2.35. The number of piperidine rings is 1. The topological polar surface area (TPSA) is 97.2 Å². The van der Waals surface area contributed by atoms with Gasteiger partial charge in [0.2, 0.25) is 15.9 Å². The molecule has 4 aromatic rings. The number of imidazole rings is 1. The number of anilines is 1. The second-order valence-electron chi connectivity index (χ2n) is 8.74. The molecule has 0 spiro atoms. The van der Waals surface area contributed by atoms with E-state index in [4.69, 9.17) is 0 Å². The van der Waals surface area contributed by atoms with E-state index in [2.05, 4.69) is 21.4 Å². The molecule has 1 saturated heterocycles. The highest BCUT2D eigenvalue weighted by Gasteiger charge is 2.26. The summed E-state index contributed by atoms with van der Waals surface area (Å²) in [7, 11) is -1.63. The summed E-state index contributed by atoms with van der Waals surface area (Å²) in [6.07, 6.45) is 3.56. The summed E-state index contributed by atoms with van der Waals surface area (Å²) in [5.74, 6) is 0.605. The normalized spacial score (nSPS) is 15.2. The van der Waals surface area contributed by atoms with Crippen molar-refractivity contribution in [2.75, 3.05) is 18.4 Å². The van der Waals surface area contributed by atoms with Gasteiger partial charge in [-0.05, 0) is 55.7 Å². The molecule has 1 N–H and O–H groups in total. The first-order valence-electron chi connectivity index (χ1n) is 11.4. The van der Waals surface area contributed by atoms with Crippen molar-refractivity contribution < 1.29 is 13.2 Å². The molecule has 0 aliphatic carbocycles. The average molecular weight is 498 g/mol. The summed E-state index contributed by atoms with van der Waals surface area (Å²) in [6.45, 7) is 3.16. The van der Waals surface area contributed by atoms with Crippen molar-refractivity contribution in [3.8, 4) is 0 Å². The number of hydrogen-bond acceptors (Lipinski definition) is 6. The third-order valence-corrected chi connectivity index (χ3v) is 9.09. The maximum Gasteiger partial charge on any atom is 0.243 e. The van der Waals surface area contributed by atoms with Crippen LogP contribution in [0.15, 0.2) is 41.3 Å². The zero-order valence-corrected chi connectivity index (χ0v) is 20.9. The fourth-order valence-electron chi connectivity index (χ4n) is 4.36. The molecule has 0 radical (unpaired) electrons. The molecule has 2 aromatic carbocycles. The number of amides is 1. The fraction of sp³-hybridized carbons (Fsp3) is 0.375. The van der Waals surface area contributed by atoms with E-state index in [0.717, 1.165) is 46.4 Å². The Morgan fingerprint density at radius 3 is 2.65 bits per heavy atom. The molecular formula is C24H27N5O3S2. The van der Waals surface area contributed by atoms with Gasteiger partial charge in [-0.15, -0.1) is 0 Å². The number of thiazole rings is 1. The third kappa shape index (κ3) is 4.45. The Balaban J connectivity index is 1.29. The first-order valence-corrected chi connectivity index (χ1v) is 13.7. The molecule has 1 aliphatic rings. The Morgan fingerprint density at radius 1 is 1.06 bits per heavy atom. The minimum absolute atomic E-state index is 0.129. The van der Waals surface area contributed by atoms with E-state index < -0.39 is 10.0 Å².